The SMILES string of the molecule is C=COC(=O)CC(=O)c1cccc2ccccc12. The quantitative estimate of drug-likeness (QED) is 0.357. The zero-order valence-electron chi connectivity index (χ0n) is 9.76. The van der Waals surface area contributed by atoms with E-state index in [1.165, 1.54) is 0 Å². The Labute approximate surface area is 105 Å². The number of benzene rings is 2. The maximum Gasteiger partial charge on any atom is 0.318 e. The highest BCUT2D eigenvalue weighted by Crippen LogP contribution is 2.19. The van der Waals surface area contributed by atoms with Crippen molar-refractivity contribution in [1.82, 2.24) is 0 Å². The van der Waals surface area contributed by atoms with Gasteiger partial charge in [-0.2, -0.15) is 0 Å². The molecule has 0 spiro atoms. The van der Waals surface area contributed by atoms with Gasteiger partial charge in [0.2, 0.25) is 0 Å². The topological polar surface area (TPSA) is 43.4 Å². The Bertz CT molecular complexity index is 609. The lowest BCUT2D eigenvalue weighted by molar-refractivity contribution is -0.136. The number of hydrogen-bond acceptors (Lipinski definition) is 3. The van der Waals surface area contributed by atoms with Gasteiger partial charge in [0.1, 0.15) is 6.42 Å². The van der Waals surface area contributed by atoms with Gasteiger partial charge in [0, 0.05) is 5.56 Å². The Balaban J connectivity index is 2.33. The third-order valence-corrected chi connectivity index (χ3v) is 2.61. The van der Waals surface area contributed by atoms with Crippen molar-refractivity contribution in [1.29, 1.82) is 0 Å². The Hall–Kier alpha value is -2.42. The summed E-state index contributed by atoms with van der Waals surface area (Å²) >= 11 is 0. The molecule has 18 heavy (non-hydrogen) atoms. The molecule has 0 atom stereocenters. The lowest BCUT2D eigenvalue weighted by atomic mass is 10.00. The highest BCUT2D eigenvalue weighted by atomic mass is 16.5. The molecule has 3 heteroatoms. The standard InChI is InChI=1S/C15H12O3/c1-2-18-15(17)10-14(16)13-9-5-7-11-6-3-4-8-12(11)13/h2-9H,1,10H2. The summed E-state index contributed by atoms with van der Waals surface area (Å²) in [5.41, 5.74) is 0.536. The molecule has 0 aliphatic rings. The number of rotatable bonds is 4. The third kappa shape index (κ3) is 2.46. The summed E-state index contributed by atoms with van der Waals surface area (Å²) in [5.74, 6) is -0.846. The van der Waals surface area contributed by atoms with E-state index in [1.54, 1.807) is 12.1 Å². The number of fused-ring (bicyclic) bond motifs is 1. The van der Waals surface area contributed by atoms with E-state index < -0.39 is 5.97 Å². The zero-order valence-corrected chi connectivity index (χ0v) is 9.76. The molecule has 0 amide bonds. The molecular formula is C15H12O3. The van der Waals surface area contributed by atoms with Crippen LogP contribution in [0, 0.1) is 0 Å². The number of ether oxygens (including phenoxy) is 1. The Morgan fingerprint density at radius 1 is 1.11 bits per heavy atom. The van der Waals surface area contributed by atoms with Gasteiger partial charge in [-0.05, 0) is 10.8 Å². The lowest BCUT2D eigenvalue weighted by Gasteiger charge is -2.04. The summed E-state index contributed by atoms with van der Waals surface area (Å²) in [6.07, 6.45) is 0.749. The van der Waals surface area contributed by atoms with E-state index in [0.29, 0.717) is 5.56 Å². The fourth-order valence-electron chi connectivity index (χ4n) is 1.83. The van der Waals surface area contributed by atoms with E-state index >= 15 is 0 Å². The summed E-state index contributed by atoms with van der Waals surface area (Å²) in [5, 5.41) is 1.82. The van der Waals surface area contributed by atoms with Crippen molar-refractivity contribution >= 4 is 22.5 Å². The fraction of sp³-hybridized carbons (Fsp3) is 0.0667. The van der Waals surface area contributed by atoms with Gasteiger partial charge in [-0.15, -0.1) is 0 Å². The first kappa shape index (κ1) is 12.0. The molecule has 2 rings (SSSR count). The molecule has 0 aliphatic carbocycles. The molecule has 90 valence electrons. The van der Waals surface area contributed by atoms with Crippen molar-refractivity contribution < 1.29 is 14.3 Å². The van der Waals surface area contributed by atoms with Crippen LogP contribution in [0.15, 0.2) is 55.3 Å². The second kappa shape index (κ2) is 5.27. The van der Waals surface area contributed by atoms with Gasteiger partial charge in [-0.25, -0.2) is 0 Å². The minimum atomic E-state index is -0.595. The number of carbonyl (C=O) groups is 2. The van der Waals surface area contributed by atoms with Crippen molar-refractivity contribution in [2.45, 2.75) is 6.42 Å². The minimum Gasteiger partial charge on any atom is -0.435 e. The first-order valence-corrected chi connectivity index (χ1v) is 5.53. The van der Waals surface area contributed by atoms with Crippen LogP contribution in [0.5, 0.6) is 0 Å². The first-order chi connectivity index (χ1) is 8.72. The third-order valence-electron chi connectivity index (χ3n) is 2.61. The van der Waals surface area contributed by atoms with Crippen LogP contribution in [0.1, 0.15) is 16.8 Å². The summed E-state index contributed by atoms with van der Waals surface area (Å²) in [7, 11) is 0. The van der Waals surface area contributed by atoms with Crippen LogP contribution >= 0.6 is 0 Å². The summed E-state index contributed by atoms with van der Waals surface area (Å²) in [6, 6.07) is 13.0. The molecule has 2 aromatic rings. The highest BCUT2D eigenvalue weighted by Gasteiger charge is 2.14. The van der Waals surface area contributed by atoms with E-state index in [2.05, 4.69) is 11.3 Å². The monoisotopic (exact) mass is 240 g/mol. The van der Waals surface area contributed by atoms with Crippen LogP contribution in [0.4, 0.5) is 0 Å². The van der Waals surface area contributed by atoms with Crippen LogP contribution in [0.3, 0.4) is 0 Å². The lowest BCUT2D eigenvalue weighted by Crippen LogP contribution is -2.09. The Morgan fingerprint density at radius 2 is 1.83 bits per heavy atom. The van der Waals surface area contributed by atoms with Crippen molar-refractivity contribution in [2.75, 3.05) is 0 Å². The highest BCUT2D eigenvalue weighted by molar-refractivity contribution is 6.13. The van der Waals surface area contributed by atoms with Crippen LogP contribution < -0.4 is 0 Å². The smallest absolute Gasteiger partial charge is 0.318 e. The first-order valence-electron chi connectivity index (χ1n) is 5.53. The molecule has 0 heterocycles. The van der Waals surface area contributed by atoms with Gasteiger partial charge < -0.3 is 4.74 Å². The molecule has 0 radical (unpaired) electrons. The summed E-state index contributed by atoms with van der Waals surface area (Å²) < 4.78 is 4.55. The predicted molar refractivity (Wildman–Crippen MR) is 69.2 cm³/mol. The molecule has 2 aromatic carbocycles. The number of carbonyl (C=O) groups excluding carboxylic acids is 2. The zero-order chi connectivity index (χ0) is 13.0. The van der Waals surface area contributed by atoms with Crippen molar-refractivity contribution in [3.8, 4) is 0 Å². The molecule has 0 N–H and O–H groups in total. The van der Waals surface area contributed by atoms with Crippen molar-refractivity contribution in [3.05, 3.63) is 60.9 Å². The molecule has 0 saturated carbocycles. The van der Waals surface area contributed by atoms with Gasteiger partial charge in [0.15, 0.2) is 5.78 Å². The van der Waals surface area contributed by atoms with E-state index in [-0.39, 0.29) is 12.2 Å². The van der Waals surface area contributed by atoms with Gasteiger partial charge in [-0.1, -0.05) is 49.0 Å². The number of esters is 1. The normalized spacial score (nSPS) is 10.0. The second-order valence-corrected chi connectivity index (χ2v) is 3.78. The molecule has 0 aromatic heterocycles. The van der Waals surface area contributed by atoms with E-state index in [4.69, 9.17) is 0 Å². The van der Waals surface area contributed by atoms with Gasteiger partial charge in [0.05, 0.1) is 6.26 Å². The average Bonchev–Trinajstić information content (AvgIpc) is 2.38. The largest absolute Gasteiger partial charge is 0.435 e. The number of hydrogen-bond donors (Lipinski definition) is 0. The second-order valence-electron chi connectivity index (χ2n) is 3.78. The van der Waals surface area contributed by atoms with Crippen LogP contribution in [-0.2, 0) is 9.53 Å². The van der Waals surface area contributed by atoms with Crippen LogP contribution in [0.25, 0.3) is 10.8 Å². The number of Topliss-reactive ketones (excluding diaryl/α,β-unsaturated/α-hetero) is 1. The van der Waals surface area contributed by atoms with E-state index in [0.717, 1.165) is 17.0 Å². The number of ketones is 1. The van der Waals surface area contributed by atoms with Crippen LogP contribution in [-0.4, -0.2) is 11.8 Å². The molecule has 0 fully saturated rings. The van der Waals surface area contributed by atoms with Crippen molar-refractivity contribution in [3.63, 3.8) is 0 Å². The molecule has 0 unspecified atom stereocenters. The predicted octanol–water partition coefficient (Wildman–Crippen LogP) is 3.10. The molecular weight excluding hydrogens is 228 g/mol. The summed E-state index contributed by atoms with van der Waals surface area (Å²) in [4.78, 5) is 23.3. The van der Waals surface area contributed by atoms with Gasteiger partial charge >= 0.3 is 5.97 Å². The molecule has 0 bridgehead atoms. The summed E-state index contributed by atoms with van der Waals surface area (Å²) in [6.45, 7) is 3.28. The van der Waals surface area contributed by atoms with Gasteiger partial charge in [0.25, 0.3) is 0 Å². The molecule has 0 saturated heterocycles. The molecule has 3 nitrogen and oxygen atoms in total. The Kier molecular flexibility index (Phi) is 3.53. The van der Waals surface area contributed by atoms with Gasteiger partial charge in [-0.3, -0.25) is 9.59 Å². The van der Waals surface area contributed by atoms with E-state index in [9.17, 15) is 9.59 Å². The van der Waals surface area contributed by atoms with Crippen LogP contribution in [0.2, 0.25) is 0 Å². The fourth-order valence-corrected chi connectivity index (χ4v) is 1.83. The van der Waals surface area contributed by atoms with E-state index in [1.807, 2.05) is 30.3 Å². The minimum absolute atomic E-state index is 0.251. The average molecular weight is 240 g/mol. The van der Waals surface area contributed by atoms with Crippen molar-refractivity contribution in [2.24, 2.45) is 0 Å². The maximum absolute atomic E-state index is 12.0. The maximum atomic E-state index is 12.0. The molecule has 0 aliphatic heterocycles. The Morgan fingerprint density at radius 3 is 2.61 bits per heavy atom.